The van der Waals surface area contributed by atoms with Gasteiger partial charge in [-0.25, -0.2) is 34.1 Å². The molecule has 10 atom stereocenters. The first-order chi connectivity index (χ1) is 31.3. The van der Waals surface area contributed by atoms with Crippen molar-refractivity contribution in [3.05, 3.63) is 23.7 Å². The molecule has 20 N–H and O–H groups in total. The summed E-state index contributed by atoms with van der Waals surface area (Å²) in [4.78, 5) is 90.7. The number of aliphatic carboxylic acids is 2. The summed E-state index contributed by atoms with van der Waals surface area (Å²) in [6.45, 7) is 1.42. The van der Waals surface area contributed by atoms with Gasteiger partial charge in [0.1, 0.15) is 18.9 Å². The number of rotatable bonds is 30. The number of carbonyl (C=O) groups excluding carboxylic acids is 4. The lowest BCUT2D eigenvalue weighted by Crippen LogP contribution is -2.61. The van der Waals surface area contributed by atoms with Gasteiger partial charge in [-0.05, 0) is 38.1 Å². The third-order valence-electron chi connectivity index (χ3n) is 9.07. The zero-order valence-electron chi connectivity index (χ0n) is 36.2. The number of aliphatic hydroxyl groups excluding tert-OH is 4. The number of amides is 4. The van der Waals surface area contributed by atoms with Crippen LogP contribution in [0.2, 0.25) is 0 Å². The molecule has 0 unspecified atom stereocenters. The smallest absolute Gasteiger partial charge is 0.407 e. The highest BCUT2D eigenvalue weighted by atomic mass is 17.2. The van der Waals surface area contributed by atoms with Gasteiger partial charge in [0.25, 0.3) is 0 Å². The summed E-state index contributed by atoms with van der Waals surface area (Å²) in [5, 5.41) is 75.5. The van der Waals surface area contributed by atoms with Gasteiger partial charge in [-0.2, -0.15) is 0 Å². The van der Waals surface area contributed by atoms with E-state index in [0.717, 1.165) is 19.1 Å². The minimum absolute atomic E-state index is 0.0460. The maximum atomic E-state index is 12.7. The Labute approximate surface area is 377 Å². The van der Waals surface area contributed by atoms with E-state index >= 15 is 0 Å². The van der Waals surface area contributed by atoms with Crippen LogP contribution >= 0.6 is 0 Å². The van der Waals surface area contributed by atoms with E-state index in [1.54, 1.807) is 0 Å². The Hall–Kier alpha value is -6.12. The van der Waals surface area contributed by atoms with Gasteiger partial charge in [0, 0.05) is 26.9 Å². The predicted octanol–water partition coefficient (Wildman–Crippen LogP) is -7.47. The van der Waals surface area contributed by atoms with Crippen LogP contribution in [0, 0.1) is 0 Å². The lowest BCUT2D eigenvalue weighted by Gasteiger charge is -2.39. The standard InChI is InChI=1S/C36H62N12O18/c1-17(51)45-26-19(47-34(37)38)11-23(32(56)57)63-30(26)28(21(53)13-49)65-36(60)44-9-4-6-41-15-61-10-5-25(55)43-8-3-7-42-16-62-66-29(22(54)14-50)31-27(46-18(2)52)20(48-35(39)40)12-24(64-31)33(58)59/h11-12,19-22,26-31,41-42,49-50,53-54H,3-10,13-16H2,1-2H3,(H,43,55)(H,44,60)(H,45,51)(H,46,52)(H,56,57)(H,58,59)(H4,37,38,47)(H4,39,40,48)/t19-,20-,21+,22+,26+,27+,28+,29+,30+,31+/m0/s1. The van der Waals surface area contributed by atoms with E-state index in [-0.39, 0.29) is 45.5 Å². The van der Waals surface area contributed by atoms with Crippen molar-refractivity contribution in [1.82, 2.24) is 31.9 Å². The number of carboxylic acids is 2. The molecule has 0 aromatic carbocycles. The van der Waals surface area contributed by atoms with E-state index in [0.29, 0.717) is 25.9 Å². The van der Waals surface area contributed by atoms with E-state index in [1.807, 2.05) is 0 Å². The van der Waals surface area contributed by atoms with Crippen molar-refractivity contribution in [2.75, 3.05) is 59.5 Å². The highest BCUT2D eigenvalue weighted by molar-refractivity contribution is 5.86. The van der Waals surface area contributed by atoms with Gasteiger partial charge < -0.3 is 93.8 Å². The Morgan fingerprint density at radius 3 is 1.65 bits per heavy atom. The molecule has 2 aliphatic heterocycles. The number of carbonyl (C=O) groups is 6. The second kappa shape index (κ2) is 29.4. The van der Waals surface area contributed by atoms with Crippen LogP contribution in [0.15, 0.2) is 33.7 Å². The van der Waals surface area contributed by atoms with Gasteiger partial charge in [0.2, 0.25) is 29.2 Å². The molecule has 0 saturated heterocycles. The van der Waals surface area contributed by atoms with Crippen LogP contribution < -0.4 is 54.8 Å². The van der Waals surface area contributed by atoms with Crippen molar-refractivity contribution in [2.45, 2.75) is 93.9 Å². The number of hydrogen-bond acceptors (Lipinski definition) is 20. The predicted molar refractivity (Wildman–Crippen MR) is 225 cm³/mol. The number of nitrogens with two attached hydrogens (primary N) is 4. The summed E-state index contributed by atoms with van der Waals surface area (Å²) in [7, 11) is 0. The molecule has 2 rings (SSSR count). The molecular weight excluding hydrogens is 888 g/mol. The molecule has 0 spiro atoms. The van der Waals surface area contributed by atoms with Crippen LogP contribution in [-0.4, -0.2) is 199 Å². The molecule has 0 aromatic heterocycles. The van der Waals surface area contributed by atoms with E-state index < -0.39 is 127 Å². The number of nitrogens with zero attached hydrogens (tertiary/aromatic N) is 2. The molecular formula is C36H62N12O18. The molecule has 2 heterocycles. The van der Waals surface area contributed by atoms with Crippen molar-refractivity contribution < 1.29 is 88.1 Å². The molecule has 374 valence electrons. The minimum atomic E-state index is -1.78. The van der Waals surface area contributed by atoms with Crippen molar-refractivity contribution in [1.29, 1.82) is 0 Å². The van der Waals surface area contributed by atoms with Gasteiger partial charge in [0.15, 0.2) is 36.3 Å². The van der Waals surface area contributed by atoms with E-state index in [1.165, 1.54) is 6.92 Å². The Kier molecular flexibility index (Phi) is 25.0. The van der Waals surface area contributed by atoms with Gasteiger partial charge in [0.05, 0.1) is 57.1 Å². The minimum Gasteiger partial charge on any atom is -0.478 e. The number of alkyl carbamates (subject to hydrolysis) is 1. The lowest BCUT2D eigenvalue weighted by molar-refractivity contribution is -0.359. The number of aliphatic hydroxyl groups is 4. The second-order valence-electron chi connectivity index (χ2n) is 14.4. The Bertz CT molecular complexity index is 1730. The average Bonchev–Trinajstić information content (AvgIpc) is 3.24. The Balaban J connectivity index is 1.69. The van der Waals surface area contributed by atoms with Crippen LogP contribution in [0.25, 0.3) is 0 Å². The first-order valence-corrected chi connectivity index (χ1v) is 20.3. The number of carboxylic acid groups (broad SMARTS) is 2. The molecule has 0 aliphatic carbocycles. The van der Waals surface area contributed by atoms with Crippen LogP contribution in [0.5, 0.6) is 0 Å². The number of nitrogens with one attached hydrogen (secondary N) is 6. The average molecular weight is 951 g/mol. The first-order valence-electron chi connectivity index (χ1n) is 20.3. The summed E-state index contributed by atoms with van der Waals surface area (Å²) in [6, 6.07) is -4.75. The number of ether oxygens (including phenoxy) is 4. The van der Waals surface area contributed by atoms with Crippen LogP contribution in [0.1, 0.15) is 33.1 Å². The zero-order valence-corrected chi connectivity index (χ0v) is 36.2. The van der Waals surface area contributed by atoms with Crippen LogP contribution in [-0.2, 0) is 52.7 Å². The molecule has 30 nitrogen and oxygen atoms in total. The maximum absolute atomic E-state index is 12.7. The molecule has 0 bridgehead atoms. The molecule has 66 heavy (non-hydrogen) atoms. The van der Waals surface area contributed by atoms with E-state index in [2.05, 4.69) is 41.9 Å². The molecule has 0 aromatic rings. The second-order valence-corrected chi connectivity index (χ2v) is 14.4. The third kappa shape index (κ3) is 20.0. The normalized spacial score (nSPS) is 21.9. The van der Waals surface area contributed by atoms with Gasteiger partial charge >= 0.3 is 18.0 Å². The molecule has 4 amide bonds. The molecule has 0 saturated carbocycles. The van der Waals surface area contributed by atoms with Gasteiger partial charge in [-0.1, -0.05) is 0 Å². The molecule has 0 fully saturated rings. The SMILES string of the molecule is CC(=O)N[C@H]1[C@H]([C@H](OOCNCCCNC(=O)CCOCNCCCNC(=O)O[C@@H]([C@@H]2OC(C(=O)O)=C[C@H](N=C(N)N)[C@H]2NC(C)=O)[C@H](O)CO)[C@H](O)CO)OC(C(=O)O)=C[C@@H]1N=C(N)N. The van der Waals surface area contributed by atoms with Crippen LogP contribution in [0.3, 0.4) is 0 Å². The van der Waals surface area contributed by atoms with Crippen molar-refractivity contribution in [3.8, 4) is 0 Å². The summed E-state index contributed by atoms with van der Waals surface area (Å²) in [6.07, 6.45) is -7.84. The summed E-state index contributed by atoms with van der Waals surface area (Å²) in [5.74, 6) is -6.66. The summed E-state index contributed by atoms with van der Waals surface area (Å²) >= 11 is 0. The van der Waals surface area contributed by atoms with Crippen LogP contribution in [0.4, 0.5) is 4.79 Å². The van der Waals surface area contributed by atoms with Crippen molar-refractivity contribution in [2.24, 2.45) is 32.9 Å². The van der Waals surface area contributed by atoms with Gasteiger partial charge in [-0.3, -0.25) is 25.0 Å². The maximum Gasteiger partial charge on any atom is 0.407 e. The van der Waals surface area contributed by atoms with Crippen molar-refractivity contribution >= 4 is 47.7 Å². The largest absolute Gasteiger partial charge is 0.478 e. The fourth-order valence-electron chi connectivity index (χ4n) is 6.21. The summed E-state index contributed by atoms with van der Waals surface area (Å²) < 4.78 is 21.7. The van der Waals surface area contributed by atoms with E-state index in [9.17, 15) is 59.4 Å². The number of aliphatic imine (C=N–C) groups is 2. The Morgan fingerprint density at radius 1 is 0.712 bits per heavy atom. The van der Waals surface area contributed by atoms with E-state index in [4.69, 9.17) is 51.7 Å². The fraction of sp³-hybridized carbons (Fsp3) is 0.667. The third-order valence-corrected chi connectivity index (χ3v) is 9.07. The molecule has 30 heteroatoms. The van der Waals surface area contributed by atoms with Gasteiger partial charge in [-0.15, -0.1) is 0 Å². The van der Waals surface area contributed by atoms with Crippen molar-refractivity contribution in [3.63, 3.8) is 0 Å². The fourth-order valence-corrected chi connectivity index (χ4v) is 6.21. The highest BCUT2D eigenvalue weighted by Gasteiger charge is 2.47. The zero-order chi connectivity index (χ0) is 49.3. The first kappa shape index (κ1) is 56.0. The quantitative estimate of drug-likeness (QED) is 0.00794. The Morgan fingerprint density at radius 2 is 1.18 bits per heavy atom. The highest BCUT2D eigenvalue weighted by Crippen LogP contribution is 2.28. The number of guanidine groups is 2. The number of hydrogen-bond donors (Lipinski definition) is 16. The summed E-state index contributed by atoms with van der Waals surface area (Å²) in [5.41, 5.74) is 21.9. The molecule has 0 radical (unpaired) electrons. The molecule has 2 aliphatic rings. The topological polar surface area (TPSA) is 480 Å². The monoisotopic (exact) mass is 950 g/mol. The lowest BCUT2D eigenvalue weighted by atomic mass is 9.92.